The van der Waals surface area contributed by atoms with E-state index in [4.69, 9.17) is 0 Å². The van der Waals surface area contributed by atoms with E-state index < -0.39 is 0 Å². The van der Waals surface area contributed by atoms with E-state index in [9.17, 15) is 9.59 Å². The summed E-state index contributed by atoms with van der Waals surface area (Å²) in [5, 5.41) is 8.59. The molecule has 0 unspecified atom stereocenters. The Morgan fingerprint density at radius 2 is 1.73 bits per heavy atom. The number of anilines is 1. The molecule has 0 spiro atoms. The number of carbonyl (C=O) groups is 2. The van der Waals surface area contributed by atoms with Gasteiger partial charge in [-0.05, 0) is 24.1 Å². The summed E-state index contributed by atoms with van der Waals surface area (Å²) in [6.07, 6.45) is 3.91. The number of amides is 2. The number of unbranched alkanes of at least 4 members (excludes halogenated alkanes) is 2. The van der Waals surface area contributed by atoms with Crippen molar-refractivity contribution in [1.29, 1.82) is 0 Å². The van der Waals surface area contributed by atoms with Crippen molar-refractivity contribution in [3.05, 3.63) is 70.5 Å². The summed E-state index contributed by atoms with van der Waals surface area (Å²) >= 11 is 1.48. The number of aromatic nitrogens is 1. The van der Waals surface area contributed by atoms with Crippen molar-refractivity contribution in [3.8, 4) is 11.3 Å². The second-order valence-electron chi connectivity index (χ2n) is 7.15. The Bertz CT molecular complexity index is 952. The molecule has 6 heteroatoms. The number of benzene rings is 2. The fourth-order valence-corrected chi connectivity index (χ4v) is 3.81. The smallest absolute Gasteiger partial charge is 0.227 e. The van der Waals surface area contributed by atoms with Gasteiger partial charge in [-0.15, -0.1) is 11.3 Å². The highest BCUT2D eigenvalue weighted by atomic mass is 32.1. The quantitative estimate of drug-likeness (QED) is 0.443. The molecule has 2 amide bonds. The van der Waals surface area contributed by atoms with E-state index in [1.807, 2.05) is 60.0 Å². The monoisotopic (exact) mass is 421 g/mol. The molecule has 0 bridgehead atoms. The fourth-order valence-electron chi connectivity index (χ4n) is 3.00. The number of hydrogen-bond acceptors (Lipinski definition) is 4. The molecule has 0 aliphatic carbocycles. The molecule has 0 aliphatic rings. The molecule has 0 atom stereocenters. The first-order valence-corrected chi connectivity index (χ1v) is 11.2. The van der Waals surface area contributed by atoms with Crippen molar-refractivity contribution < 1.29 is 9.59 Å². The Labute approximate surface area is 181 Å². The molecule has 1 heterocycles. The maximum absolute atomic E-state index is 12.2. The van der Waals surface area contributed by atoms with Crippen molar-refractivity contribution in [1.82, 2.24) is 10.3 Å². The van der Waals surface area contributed by atoms with Gasteiger partial charge in [-0.1, -0.05) is 62.2 Å². The zero-order valence-electron chi connectivity index (χ0n) is 17.2. The maximum Gasteiger partial charge on any atom is 0.227 e. The third-order valence-electron chi connectivity index (χ3n) is 4.67. The SMILES string of the molecule is CCCCCC(=O)Nc1ccc(-c2csc(CC(=O)NCc3ccccc3)n2)cc1. The standard InChI is InChI=1S/C24H27N3O2S/c1-2-3-5-10-22(28)26-20-13-11-19(12-14-20)21-17-30-24(27-21)15-23(29)25-16-18-8-6-4-7-9-18/h4,6-9,11-14,17H,2-3,5,10,15-16H2,1H3,(H,25,29)(H,26,28). The topological polar surface area (TPSA) is 71.1 Å². The summed E-state index contributed by atoms with van der Waals surface area (Å²) < 4.78 is 0. The van der Waals surface area contributed by atoms with Gasteiger partial charge >= 0.3 is 0 Å². The third-order valence-corrected chi connectivity index (χ3v) is 5.52. The largest absolute Gasteiger partial charge is 0.352 e. The van der Waals surface area contributed by atoms with Crippen LogP contribution in [0.4, 0.5) is 5.69 Å². The van der Waals surface area contributed by atoms with Gasteiger partial charge in [-0.25, -0.2) is 4.98 Å². The van der Waals surface area contributed by atoms with Gasteiger partial charge in [0.2, 0.25) is 11.8 Å². The van der Waals surface area contributed by atoms with E-state index in [1.165, 1.54) is 11.3 Å². The number of hydrogen-bond donors (Lipinski definition) is 2. The van der Waals surface area contributed by atoms with E-state index in [1.54, 1.807) is 0 Å². The lowest BCUT2D eigenvalue weighted by atomic mass is 10.1. The first-order valence-electron chi connectivity index (χ1n) is 10.3. The Kier molecular flexibility index (Phi) is 8.15. The van der Waals surface area contributed by atoms with Crippen LogP contribution in [0.25, 0.3) is 11.3 Å². The van der Waals surface area contributed by atoms with Crippen LogP contribution >= 0.6 is 11.3 Å². The van der Waals surface area contributed by atoms with Gasteiger partial charge in [0.25, 0.3) is 0 Å². The number of carbonyl (C=O) groups excluding carboxylic acids is 2. The predicted octanol–water partition coefficient (Wildman–Crippen LogP) is 5.19. The van der Waals surface area contributed by atoms with Crippen molar-refractivity contribution in [2.45, 2.75) is 45.6 Å². The predicted molar refractivity (Wildman–Crippen MR) is 122 cm³/mol. The van der Waals surface area contributed by atoms with Gasteiger partial charge in [0, 0.05) is 29.6 Å². The summed E-state index contributed by atoms with van der Waals surface area (Å²) in [6.45, 7) is 2.64. The van der Waals surface area contributed by atoms with Crippen LogP contribution in [0.3, 0.4) is 0 Å². The van der Waals surface area contributed by atoms with Crippen LogP contribution in [-0.4, -0.2) is 16.8 Å². The van der Waals surface area contributed by atoms with Crippen LogP contribution in [0.5, 0.6) is 0 Å². The average Bonchev–Trinajstić information content (AvgIpc) is 3.22. The summed E-state index contributed by atoms with van der Waals surface area (Å²) in [5.41, 5.74) is 3.66. The molecule has 2 N–H and O–H groups in total. The number of rotatable bonds is 10. The second-order valence-corrected chi connectivity index (χ2v) is 8.09. The van der Waals surface area contributed by atoms with E-state index in [2.05, 4.69) is 22.5 Å². The average molecular weight is 422 g/mol. The lowest BCUT2D eigenvalue weighted by Crippen LogP contribution is -2.24. The normalized spacial score (nSPS) is 10.6. The zero-order valence-corrected chi connectivity index (χ0v) is 18.0. The Morgan fingerprint density at radius 3 is 2.47 bits per heavy atom. The van der Waals surface area contributed by atoms with Crippen molar-refractivity contribution in [3.63, 3.8) is 0 Å². The molecule has 0 radical (unpaired) electrons. The van der Waals surface area contributed by atoms with E-state index >= 15 is 0 Å². The lowest BCUT2D eigenvalue weighted by Gasteiger charge is -2.06. The number of nitrogens with zero attached hydrogens (tertiary/aromatic N) is 1. The van der Waals surface area contributed by atoms with Gasteiger partial charge in [-0.2, -0.15) is 0 Å². The zero-order chi connectivity index (χ0) is 21.2. The second kappa shape index (κ2) is 11.3. The van der Waals surface area contributed by atoms with Crippen molar-refractivity contribution >= 4 is 28.8 Å². The molecule has 2 aromatic carbocycles. The van der Waals surface area contributed by atoms with Gasteiger partial charge in [0.15, 0.2) is 0 Å². The van der Waals surface area contributed by atoms with Gasteiger partial charge in [0.05, 0.1) is 12.1 Å². The van der Waals surface area contributed by atoms with E-state index in [-0.39, 0.29) is 18.2 Å². The van der Waals surface area contributed by atoms with E-state index in [0.717, 1.165) is 46.8 Å². The molecule has 1 aromatic heterocycles. The van der Waals surface area contributed by atoms with Crippen LogP contribution in [-0.2, 0) is 22.6 Å². The minimum atomic E-state index is -0.0408. The summed E-state index contributed by atoms with van der Waals surface area (Å²) in [6, 6.07) is 17.5. The van der Waals surface area contributed by atoms with Crippen LogP contribution in [0.2, 0.25) is 0 Å². The first-order chi connectivity index (χ1) is 14.6. The summed E-state index contributed by atoms with van der Waals surface area (Å²) in [7, 11) is 0. The van der Waals surface area contributed by atoms with Gasteiger partial charge in [0.1, 0.15) is 5.01 Å². The Balaban J connectivity index is 1.50. The minimum Gasteiger partial charge on any atom is -0.352 e. The van der Waals surface area contributed by atoms with Gasteiger partial charge in [-0.3, -0.25) is 9.59 Å². The van der Waals surface area contributed by atoms with Crippen LogP contribution in [0, 0.1) is 0 Å². The number of thiazole rings is 1. The third kappa shape index (κ3) is 6.81. The highest BCUT2D eigenvalue weighted by Gasteiger charge is 2.10. The molecule has 5 nitrogen and oxygen atoms in total. The molecule has 0 saturated carbocycles. The summed E-state index contributed by atoms with van der Waals surface area (Å²) in [5.74, 6) is 0.00884. The molecule has 3 aromatic rings. The van der Waals surface area contributed by atoms with Crippen LogP contribution in [0.1, 0.15) is 43.2 Å². The van der Waals surface area contributed by atoms with E-state index in [0.29, 0.717) is 13.0 Å². The van der Waals surface area contributed by atoms with Crippen LogP contribution < -0.4 is 10.6 Å². The number of nitrogens with one attached hydrogen (secondary N) is 2. The maximum atomic E-state index is 12.2. The first kappa shape index (κ1) is 21.7. The van der Waals surface area contributed by atoms with Crippen LogP contribution in [0.15, 0.2) is 60.0 Å². The highest BCUT2D eigenvalue weighted by Crippen LogP contribution is 2.24. The van der Waals surface area contributed by atoms with Crippen molar-refractivity contribution in [2.24, 2.45) is 0 Å². The lowest BCUT2D eigenvalue weighted by molar-refractivity contribution is -0.120. The molecular weight excluding hydrogens is 394 g/mol. The van der Waals surface area contributed by atoms with Gasteiger partial charge < -0.3 is 10.6 Å². The molecule has 156 valence electrons. The molecule has 0 aliphatic heterocycles. The highest BCUT2D eigenvalue weighted by molar-refractivity contribution is 7.10. The molecular formula is C24H27N3O2S. The Morgan fingerprint density at radius 1 is 0.967 bits per heavy atom. The fraction of sp³-hybridized carbons (Fsp3) is 0.292. The minimum absolute atomic E-state index is 0.0408. The molecule has 0 fully saturated rings. The summed E-state index contributed by atoms with van der Waals surface area (Å²) in [4.78, 5) is 28.7. The molecule has 0 saturated heterocycles. The molecule has 3 rings (SSSR count). The Hall–Kier alpha value is -2.99. The van der Waals surface area contributed by atoms with Crippen molar-refractivity contribution in [2.75, 3.05) is 5.32 Å². The molecule has 30 heavy (non-hydrogen) atoms.